The molecule has 0 amide bonds. The molecule has 1 atom stereocenters. The van der Waals surface area contributed by atoms with E-state index in [1.807, 2.05) is 31.2 Å². The summed E-state index contributed by atoms with van der Waals surface area (Å²) in [5, 5.41) is 0. The van der Waals surface area contributed by atoms with Gasteiger partial charge in [0, 0.05) is 23.8 Å². The van der Waals surface area contributed by atoms with E-state index in [2.05, 4.69) is 4.90 Å². The van der Waals surface area contributed by atoms with Gasteiger partial charge in [-0.3, -0.25) is 0 Å². The Bertz CT molecular complexity index is 569. The summed E-state index contributed by atoms with van der Waals surface area (Å²) in [5.41, 5.74) is 7.43. The monoisotopic (exact) mass is 284 g/mol. The summed E-state index contributed by atoms with van der Waals surface area (Å²) >= 11 is 5.04. The fourth-order valence-electron chi connectivity index (χ4n) is 2.29. The van der Waals surface area contributed by atoms with Crippen LogP contribution in [0.3, 0.4) is 0 Å². The van der Waals surface area contributed by atoms with Gasteiger partial charge in [-0.05, 0) is 19.1 Å². The summed E-state index contributed by atoms with van der Waals surface area (Å²) in [6.07, 6.45) is 0. The number of benzene rings is 1. The van der Waals surface area contributed by atoms with E-state index in [9.17, 15) is 8.42 Å². The number of rotatable bonds is 2. The van der Waals surface area contributed by atoms with Gasteiger partial charge in [-0.15, -0.1) is 0 Å². The lowest BCUT2D eigenvalue weighted by atomic mass is 10.1. The normalized spacial score (nSPS) is 22.7. The number of thiocarbonyl (C=S) groups is 1. The number of sulfone groups is 1. The molecule has 4 nitrogen and oxygen atoms in total. The van der Waals surface area contributed by atoms with E-state index < -0.39 is 9.84 Å². The molecular formula is C12H16N2O2S2. The van der Waals surface area contributed by atoms with Crippen molar-refractivity contribution in [3.8, 4) is 0 Å². The summed E-state index contributed by atoms with van der Waals surface area (Å²) in [6.45, 7) is 2.40. The van der Waals surface area contributed by atoms with Crippen molar-refractivity contribution < 1.29 is 8.42 Å². The first-order chi connectivity index (χ1) is 8.41. The van der Waals surface area contributed by atoms with Gasteiger partial charge < -0.3 is 10.6 Å². The molecule has 1 heterocycles. The lowest BCUT2D eigenvalue weighted by Crippen LogP contribution is -2.47. The first-order valence-corrected chi connectivity index (χ1v) is 7.99. The van der Waals surface area contributed by atoms with Crippen molar-refractivity contribution in [3.05, 3.63) is 29.8 Å². The van der Waals surface area contributed by atoms with Crippen molar-refractivity contribution in [2.24, 2.45) is 5.73 Å². The maximum atomic E-state index is 11.6. The topological polar surface area (TPSA) is 63.4 Å². The molecule has 98 valence electrons. The van der Waals surface area contributed by atoms with Gasteiger partial charge in [-0.25, -0.2) is 8.42 Å². The first-order valence-electron chi connectivity index (χ1n) is 5.76. The second-order valence-corrected chi connectivity index (χ2v) is 7.21. The SMILES string of the molecule is CC1CS(=O)(=O)CCN1c1ccccc1C(N)=S. The number of nitrogens with two attached hydrogens (primary N) is 1. The van der Waals surface area contributed by atoms with E-state index >= 15 is 0 Å². The quantitative estimate of drug-likeness (QED) is 0.819. The third-order valence-electron chi connectivity index (χ3n) is 3.15. The molecule has 2 rings (SSSR count). The van der Waals surface area contributed by atoms with Gasteiger partial charge in [-0.1, -0.05) is 24.4 Å². The van der Waals surface area contributed by atoms with E-state index in [1.165, 1.54) is 0 Å². The number of para-hydroxylation sites is 1. The zero-order valence-corrected chi connectivity index (χ0v) is 11.8. The van der Waals surface area contributed by atoms with Crippen LogP contribution in [0.15, 0.2) is 24.3 Å². The molecule has 0 spiro atoms. The van der Waals surface area contributed by atoms with Crippen molar-refractivity contribution in [3.63, 3.8) is 0 Å². The Labute approximate surface area is 113 Å². The van der Waals surface area contributed by atoms with Crippen LogP contribution in [-0.2, 0) is 9.84 Å². The smallest absolute Gasteiger partial charge is 0.154 e. The highest BCUT2D eigenvalue weighted by atomic mass is 32.2. The second-order valence-electron chi connectivity index (χ2n) is 4.54. The minimum absolute atomic E-state index is 0.0563. The Morgan fingerprint density at radius 3 is 2.72 bits per heavy atom. The van der Waals surface area contributed by atoms with Crippen LogP contribution >= 0.6 is 12.2 Å². The van der Waals surface area contributed by atoms with Crippen LogP contribution in [0.1, 0.15) is 12.5 Å². The Hall–Kier alpha value is -1.14. The maximum absolute atomic E-state index is 11.6. The first kappa shape index (κ1) is 13.3. The van der Waals surface area contributed by atoms with E-state index in [-0.39, 0.29) is 17.5 Å². The van der Waals surface area contributed by atoms with E-state index in [1.54, 1.807) is 0 Å². The molecule has 0 aliphatic carbocycles. The van der Waals surface area contributed by atoms with Crippen LogP contribution in [0, 0.1) is 0 Å². The number of hydrogen-bond acceptors (Lipinski definition) is 4. The molecule has 0 saturated carbocycles. The van der Waals surface area contributed by atoms with E-state index in [4.69, 9.17) is 18.0 Å². The van der Waals surface area contributed by atoms with Gasteiger partial charge in [0.15, 0.2) is 9.84 Å². The Balaban J connectivity index is 2.36. The molecule has 1 fully saturated rings. The number of anilines is 1. The lowest BCUT2D eigenvalue weighted by molar-refractivity contribution is 0.568. The molecule has 1 aromatic rings. The average molecular weight is 284 g/mol. The standard InChI is InChI=1S/C12H16N2O2S2/c1-9-8-18(15,16)7-6-14(9)11-5-3-2-4-10(11)12(13)17/h2-5,9H,6-8H2,1H3,(H2,13,17). The average Bonchev–Trinajstić information content (AvgIpc) is 2.28. The Morgan fingerprint density at radius 1 is 1.44 bits per heavy atom. The molecule has 0 aromatic heterocycles. The fourth-order valence-corrected chi connectivity index (χ4v) is 4.02. The molecule has 1 saturated heterocycles. The molecule has 0 radical (unpaired) electrons. The predicted molar refractivity (Wildman–Crippen MR) is 77.8 cm³/mol. The van der Waals surface area contributed by atoms with Crippen LogP contribution in [0.25, 0.3) is 0 Å². The highest BCUT2D eigenvalue weighted by Gasteiger charge is 2.29. The highest BCUT2D eigenvalue weighted by molar-refractivity contribution is 7.91. The summed E-state index contributed by atoms with van der Waals surface area (Å²) in [5.74, 6) is 0.363. The van der Waals surface area contributed by atoms with Crippen molar-refractivity contribution in [2.45, 2.75) is 13.0 Å². The Kier molecular flexibility index (Phi) is 3.59. The molecule has 6 heteroatoms. The zero-order valence-electron chi connectivity index (χ0n) is 10.2. The second kappa shape index (κ2) is 4.85. The van der Waals surface area contributed by atoms with Crippen LogP contribution in [-0.4, -0.2) is 37.5 Å². The maximum Gasteiger partial charge on any atom is 0.154 e. The van der Waals surface area contributed by atoms with Gasteiger partial charge >= 0.3 is 0 Å². The van der Waals surface area contributed by atoms with Gasteiger partial charge in [0.2, 0.25) is 0 Å². The van der Waals surface area contributed by atoms with Gasteiger partial charge in [-0.2, -0.15) is 0 Å². The van der Waals surface area contributed by atoms with Gasteiger partial charge in [0.1, 0.15) is 4.99 Å². The number of nitrogens with zero attached hydrogens (tertiary/aromatic N) is 1. The Morgan fingerprint density at radius 2 is 2.11 bits per heavy atom. The molecule has 1 aliphatic rings. The van der Waals surface area contributed by atoms with Gasteiger partial charge in [0.05, 0.1) is 11.5 Å². The molecule has 1 unspecified atom stereocenters. The third-order valence-corrected chi connectivity index (χ3v) is 5.16. The minimum Gasteiger partial charge on any atom is -0.389 e. The molecule has 0 bridgehead atoms. The fraction of sp³-hybridized carbons (Fsp3) is 0.417. The summed E-state index contributed by atoms with van der Waals surface area (Å²) in [4.78, 5) is 2.40. The summed E-state index contributed by atoms with van der Waals surface area (Å²) in [7, 11) is -2.91. The molecule has 1 aromatic carbocycles. The van der Waals surface area contributed by atoms with Crippen LogP contribution < -0.4 is 10.6 Å². The minimum atomic E-state index is -2.91. The van der Waals surface area contributed by atoms with Crippen molar-refractivity contribution in [1.29, 1.82) is 0 Å². The summed E-state index contributed by atoms with van der Waals surface area (Å²) in [6, 6.07) is 7.53. The number of hydrogen-bond donors (Lipinski definition) is 1. The van der Waals surface area contributed by atoms with Crippen LogP contribution in [0.5, 0.6) is 0 Å². The molecular weight excluding hydrogens is 268 g/mol. The molecule has 2 N–H and O–H groups in total. The van der Waals surface area contributed by atoms with Crippen molar-refractivity contribution in [2.75, 3.05) is 23.0 Å². The van der Waals surface area contributed by atoms with E-state index in [0.717, 1.165) is 11.3 Å². The lowest BCUT2D eigenvalue weighted by Gasteiger charge is -2.36. The van der Waals surface area contributed by atoms with Gasteiger partial charge in [0.25, 0.3) is 0 Å². The van der Waals surface area contributed by atoms with Crippen molar-refractivity contribution >= 4 is 32.7 Å². The highest BCUT2D eigenvalue weighted by Crippen LogP contribution is 2.25. The predicted octanol–water partition coefficient (Wildman–Crippen LogP) is 0.944. The third kappa shape index (κ3) is 2.64. The van der Waals surface area contributed by atoms with Crippen LogP contribution in [0.2, 0.25) is 0 Å². The molecule has 1 aliphatic heterocycles. The van der Waals surface area contributed by atoms with Crippen molar-refractivity contribution in [1.82, 2.24) is 0 Å². The zero-order chi connectivity index (χ0) is 13.3. The van der Waals surface area contributed by atoms with Crippen LogP contribution in [0.4, 0.5) is 5.69 Å². The molecule has 18 heavy (non-hydrogen) atoms. The van der Waals surface area contributed by atoms with E-state index in [0.29, 0.717) is 11.5 Å². The largest absolute Gasteiger partial charge is 0.389 e. The summed E-state index contributed by atoms with van der Waals surface area (Å²) < 4.78 is 23.2.